The van der Waals surface area contributed by atoms with E-state index in [2.05, 4.69) is 0 Å². The van der Waals surface area contributed by atoms with E-state index in [0.29, 0.717) is 21.2 Å². The summed E-state index contributed by atoms with van der Waals surface area (Å²) in [6, 6.07) is 30.3. The van der Waals surface area contributed by atoms with Crippen molar-refractivity contribution in [2.45, 2.75) is 0 Å². The van der Waals surface area contributed by atoms with Crippen LogP contribution >= 0.6 is 23.2 Å². The van der Waals surface area contributed by atoms with Crippen LogP contribution < -0.4 is 0 Å². The van der Waals surface area contributed by atoms with Crippen LogP contribution in [0.5, 0.6) is 0 Å². The van der Waals surface area contributed by atoms with Crippen molar-refractivity contribution in [2.75, 3.05) is 0 Å². The molecule has 0 saturated heterocycles. The number of rotatable bonds is 4. The largest absolute Gasteiger partial charge is 0.289 e. The predicted octanol–water partition coefficient (Wildman–Crippen LogP) is 7.56. The molecule has 4 aromatic carbocycles. The third kappa shape index (κ3) is 3.60. The fourth-order valence-electron chi connectivity index (χ4n) is 3.31. The molecule has 0 aliphatic heterocycles. The molecule has 28 heavy (non-hydrogen) atoms. The smallest absolute Gasteiger partial charge is 0.193 e. The van der Waals surface area contributed by atoms with E-state index in [0.717, 1.165) is 22.3 Å². The van der Waals surface area contributed by atoms with E-state index in [-0.39, 0.29) is 5.78 Å². The van der Waals surface area contributed by atoms with Crippen LogP contribution in [0.4, 0.5) is 0 Å². The zero-order valence-electron chi connectivity index (χ0n) is 14.9. The number of hydrogen-bond donors (Lipinski definition) is 0. The number of carbonyl (C=O) groups excluding carboxylic acids is 1. The minimum absolute atomic E-state index is 0.0654. The van der Waals surface area contributed by atoms with Gasteiger partial charge in [0.1, 0.15) is 0 Å². The Bertz CT molecular complexity index is 1120. The van der Waals surface area contributed by atoms with Gasteiger partial charge in [-0.3, -0.25) is 4.79 Å². The average molecular weight is 403 g/mol. The predicted molar refractivity (Wildman–Crippen MR) is 117 cm³/mol. The molecule has 1 nitrogen and oxygen atoms in total. The Morgan fingerprint density at radius 2 is 1.11 bits per heavy atom. The van der Waals surface area contributed by atoms with Gasteiger partial charge < -0.3 is 0 Å². The molecule has 0 fully saturated rings. The van der Waals surface area contributed by atoms with Crippen molar-refractivity contribution in [2.24, 2.45) is 0 Å². The van der Waals surface area contributed by atoms with Crippen LogP contribution in [0.3, 0.4) is 0 Å². The first-order valence-electron chi connectivity index (χ1n) is 8.89. The highest BCUT2D eigenvalue weighted by Gasteiger charge is 2.21. The van der Waals surface area contributed by atoms with E-state index in [1.165, 1.54) is 0 Å². The second-order valence-corrected chi connectivity index (χ2v) is 7.26. The first-order chi connectivity index (χ1) is 13.6. The Hall–Kier alpha value is -2.87. The number of ketones is 1. The Labute approximate surface area is 174 Å². The average Bonchev–Trinajstić information content (AvgIpc) is 2.75. The van der Waals surface area contributed by atoms with Gasteiger partial charge in [0, 0.05) is 32.3 Å². The maximum atomic E-state index is 13.4. The van der Waals surface area contributed by atoms with Gasteiger partial charge in [-0.15, -0.1) is 0 Å². The van der Waals surface area contributed by atoms with E-state index in [4.69, 9.17) is 23.2 Å². The Morgan fingerprint density at radius 1 is 0.571 bits per heavy atom. The minimum Gasteiger partial charge on any atom is -0.289 e. The van der Waals surface area contributed by atoms with Crippen molar-refractivity contribution >= 4 is 29.0 Å². The summed E-state index contributed by atoms with van der Waals surface area (Å²) in [5.74, 6) is -0.0654. The fourth-order valence-corrected chi connectivity index (χ4v) is 3.71. The summed E-state index contributed by atoms with van der Waals surface area (Å²) in [5.41, 5.74) is 4.80. The maximum absolute atomic E-state index is 13.4. The summed E-state index contributed by atoms with van der Waals surface area (Å²) >= 11 is 12.6. The van der Waals surface area contributed by atoms with Crippen LogP contribution in [0.2, 0.25) is 10.0 Å². The zero-order chi connectivity index (χ0) is 19.5. The van der Waals surface area contributed by atoms with Gasteiger partial charge in [0.05, 0.1) is 0 Å². The van der Waals surface area contributed by atoms with Crippen molar-refractivity contribution in [3.8, 4) is 22.3 Å². The van der Waals surface area contributed by atoms with Crippen LogP contribution in [0.25, 0.3) is 22.3 Å². The molecule has 0 aromatic heterocycles. The van der Waals surface area contributed by atoms with Crippen molar-refractivity contribution in [3.05, 3.63) is 118 Å². The van der Waals surface area contributed by atoms with E-state index in [1.54, 1.807) is 36.4 Å². The highest BCUT2D eigenvalue weighted by atomic mass is 35.5. The van der Waals surface area contributed by atoms with Crippen molar-refractivity contribution in [1.29, 1.82) is 0 Å². The molecule has 0 radical (unpaired) electrons. The molecule has 0 heterocycles. The molecular formula is C25H16Cl2O. The van der Waals surface area contributed by atoms with Crippen molar-refractivity contribution in [1.82, 2.24) is 0 Å². The van der Waals surface area contributed by atoms with Crippen LogP contribution in [-0.2, 0) is 0 Å². The van der Waals surface area contributed by atoms with E-state index in [1.807, 2.05) is 60.7 Å². The van der Waals surface area contributed by atoms with E-state index in [9.17, 15) is 4.79 Å². The summed E-state index contributed by atoms with van der Waals surface area (Å²) in [4.78, 5) is 13.4. The van der Waals surface area contributed by atoms with E-state index < -0.39 is 0 Å². The molecule has 4 aromatic rings. The Morgan fingerprint density at radius 3 is 1.68 bits per heavy atom. The number of benzene rings is 4. The normalized spacial score (nSPS) is 10.6. The highest BCUT2D eigenvalue weighted by Crippen LogP contribution is 2.40. The molecule has 3 heteroatoms. The molecule has 4 rings (SSSR count). The van der Waals surface area contributed by atoms with Gasteiger partial charge >= 0.3 is 0 Å². The SMILES string of the molecule is O=C(c1ccc(Cl)cc1)c1ccc(Cl)c(-c2ccccc2)c1-c1ccccc1. The molecular weight excluding hydrogens is 387 g/mol. The summed E-state index contributed by atoms with van der Waals surface area (Å²) in [6.07, 6.45) is 0. The molecule has 136 valence electrons. The van der Waals surface area contributed by atoms with Gasteiger partial charge in [-0.2, -0.15) is 0 Å². The lowest BCUT2D eigenvalue weighted by atomic mass is 9.87. The standard InChI is InChI=1S/C25H16Cl2O/c26-20-13-11-19(12-14-20)25(28)21-15-16-22(27)24(18-9-5-2-6-10-18)23(21)17-7-3-1-4-8-17/h1-16H. The number of halogens is 2. The summed E-state index contributed by atoms with van der Waals surface area (Å²) in [5, 5.41) is 1.21. The third-order valence-corrected chi connectivity index (χ3v) is 5.20. The van der Waals surface area contributed by atoms with Gasteiger partial charge in [0.25, 0.3) is 0 Å². The maximum Gasteiger partial charge on any atom is 0.193 e. The lowest BCUT2D eigenvalue weighted by Gasteiger charge is -2.17. The molecule has 0 atom stereocenters. The van der Waals surface area contributed by atoms with Gasteiger partial charge in [0.15, 0.2) is 5.78 Å². The quantitative estimate of drug-likeness (QED) is 0.321. The minimum atomic E-state index is -0.0654. The van der Waals surface area contributed by atoms with Crippen LogP contribution in [0, 0.1) is 0 Å². The van der Waals surface area contributed by atoms with Gasteiger partial charge in [-0.25, -0.2) is 0 Å². The molecule has 0 bridgehead atoms. The van der Waals surface area contributed by atoms with E-state index >= 15 is 0 Å². The number of carbonyl (C=O) groups is 1. The fraction of sp³-hybridized carbons (Fsp3) is 0. The summed E-state index contributed by atoms with van der Waals surface area (Å²) in [7, 11) is 0. The Balaban J connectivity index is 1.99. The molecule has 0 N–H and O–H groups in total. The highest BCUT2D eigenvalue weighted by molar-refractivity contribution is 6.35. The summed E-state index contributed by atoms with van der Waals surface area (Å²) in [6.45, 7) is 0. The van der Waals surface area contributed by atoms with Gasteiger partial charge in [-0.05, 0) is 47.5 Å². The monoisotopic (exact) mass is 402 g/mol. The molecule has 0 amide bonds. The molecule has 0 spiro atoms. The lowest BCUT2D eigenvalue weighted by Crippen LogP contribution is -2.05. The lowest BCUT2D eigenvalue weighted by molar-refractivity contribution is 0.103. The second kappa shape index (κ2) is 8.02. The van der Waals surface area contributed by atoms with Crippen LogP contribution in [-0.4, -0.2) is 5.78 Å². The molecule has 0 saturated carbocycles. The number of hydrogen-bond acceptors (Lipinski definition) is 1. The van der Waals surface area contributed by atoms with Crippen molar-refractivity contribution < 1.29 is 4.79 Å². The summed E-state index contributed by atoms with van der Waals surface area (Å²) < 4.78 is 0. The van der Waals surface area contributed by atoms with Gasteiger partial charge in [0.2, 0.25) is 0 Å². The third-order valence-electron chi connectivity index (χ3n) is 4.63. The van der Waals surface area contributed by atoms with Gasteiger partial charge in [-0.1, -0.05) is 83.9 Å². The first kappa shape index (κ1) is 18.5. The van der Waals surface area contributed by atoms with Crippen LogP contribution in [0.1, 0.15) is 15.9 Å². The zero-order valence-corrected chi connectivity index (χ0v) is 16.4. The van der Waals surface area contributed by atoms with Crippen molar-refractivity contribution in [3.63, 3.8) is 0 Å². The molecule has 0 aliphatic rings. The Kier molecular flexibility index (Phi) is 5.29. The molecule has 0 unspecified atom stereocenters. The second-order valence-electron chi connectivity index (χ2n) is 6.41. The first-order valence-corrected chi connectivity index (χ1v) is 9.64. The topological polar surface area (TPSA) is 17.1 Å². The molecule has 0 aliphatic carbocycles. The van der Waals surface area contributed by atoms with Crippen LogP contribution in [0.15, 0.2) is 97.1 Å².